The van der Waals surface area contributed by atoms with Crippen LogP contribution in [-0.4, -0.2) is 35.6 Å². The zero-order chi connectivity index (χ0) is 21.5. The smallest absolute Gasteiger partial charge is 0.159 e. The summed E-state index contributed by atoms with van der Waals surface area (Å²) in [7, 11) is 0. The fourth-order valence-electron chi connectivity index (χ4n) is 2.19. The molecule has 0 saturated carbocycles. The minimum atomic E-state index is -1.41. The lowest BCUT2D eigenvalue weighted by molar-refractivity contribution is -0.113. The van der Waals surface area contributed by atoms with Crippen LogP contribution in [0, 0.1) is 11.8 Å². The molecule has 0 spiro atoms. The van der Waals surface area contributed by atoms with Crippen molar-refractivity contribution in [3.05, 3.63) is 35.9 Å². The second kappa shape index (κ2) is 15.7. The Balaban J connectivity index is 0.000000621. The first-order chi connectivity index (χ1) is 13.3. The number of carbonyl (C=O) groups excluding carboxylic acids is 1. The summed E-state index contributed by atoms with van der Waals surface area (Å²) in [6.07, 6.45) is 0.318. The van der Waals surface area contributed by atoms with Crippen molar-refractivity contribution in [3.8, 4) is 0 Å². The zero-order valence-electron chi connectivity index (χ0n) is 16.9. The first-order valence-electron chi connectivity index (χ1n) is 9.49. The standard InChI is InChI=1S/C14H19ClFNO.C7H12ClFO/c1-3-13(15)11(2)14(16)9-17-18-10-12-7-5-4-6-8-12;1-3-6(8)5(2)7(9)4-10/h4-9,11,13-14H,3,10H2,1-2H3;4-7H,3H2,1-2H3/t11-,13+,14-;5-,6+,7-/m11/s1. The number of oxime groups is 1. The van der Waals surface area contributed by atoms with E-state index in [9.17, 15) is 13.6 Å². The maximum Gasteiger partial charge on any atom is 0.159 e. The number of rotatable bonds is 11. The number of alkyl halides is 4. The number of nitrogens with zero attached hydrogens (tertiary/aromatic N) is 1. The molecule has 7 heteroatoms. The highest BCUT2D eigenvalue weighted by molar-refractivity contribution is 6.21. The van der Waals surface area contributed by atoms with Gasteiger partial charge in [0.25, 0.3) is 0 Å². The fraction of sp³-hybridized carbons (Fsp3) is 0.619. The van der Waals surface area contributed by atoms with Gasteiger partial charge >= 0.3 is 0 Å². The second-order valence-corrected chi connectivity index (χ2v) is 7.73. The highest BCUT2D eigenvalue weighted by Gasteiger charge is 2.22. The van der Waals surface area contributed by atoms with Gasteiger partial charge in [0.1, 0.15) is 12.8 Å². The minimum Gasteiger partial charge on any atom is -0.391 e. The van der Waals surface area contributed by atoms with Crippen LogP contribution in [-0.2, 0) is 16.2 Å². The lowest BCUT2D eigenvalue weighted by atomic mass is 10.0. The topological polar surface area (TPSA) is 38.7 Å². The number of aldehydes is 1. The summed E-state index contributed by atoms with van der Waals surface area (Å²) in [5, 5.41) is 3.23. The maximum atomic E-state index is 13.6. The van der Waals surface area contributed by atoms with Crippen LogP contribution in [0.25, 0.3) is 0 Å². The number of carbonyl (C=O) groups is 1. The van der Waals surface area contributed by atoms with Crippen LogP contribution in [0.4, 0.5) is 8.78 Å². The molecular weight excluding hydrogens is 407 g/mol. The van der Waals surface area contributed by atoms with E-state index < -0.39 is 12.3 Å². The van der Waals surface area contributed by atoms with E-state index in [1.54, 1.807) is 13.8 Å². The van der Waals surface area contributed by atoms with Gasteiger partial charge in [0, 0.05) is 22.6 Å². The molecule has 1 aromatic carbocycles. The molecule has 0 bridgehead atoms. The molecule has 0 saturated heterocycles. The molecule has 160 valence electrons. The number of hydrogen-bond donors (Lipinski definition) is 0. The molecule has 0 heterocycles. The van der Waals surface area contributed by atoms with Gasteiger partial charge in [-0.2, -0.15) is 0 Å². The van der Waals surface area contributed by atoms with Gasteiger partial charge in [0.05, 0.1) is 6.21 Å². The summed E-state index contributed by atoms with van der Waals surface area (Å²) < 4.78 is 26.2. The van der Waals surface area contributed by atoms with E-state index in [0.29, 0.717) is 19.3 Å². The van der Waals surface area contributed by atoms with E-state index in [1.165, 1.54) is 6.21 Å². The van der Waals surface area contributed by atoms with E-state index in [1.807, 2.05) is 44.2 Å². The molecule has 6 atom stereocenters. The van der Waals surface area contributed by atoms with Gasteiger partial charge in [-0.1, -0.05) is 63.2 Å². The summed E-state index contributed by atoms with van der Waals surface area (Å²) in [4.78, 5) is 15.0. The third-order valence-electron chi connectivity index (χ3n) is 4.41. The average molecular weight is 438 g/mol. The summed E-state index contributed by atoms with van der Waals surface area (Å²) in [5.74, 6) is -0.634. The molecule has 0 amide bonds. The lowest BCUT2D eigenvalue weighted by Gasteiger charge is -2.17. The first kappa shape index (κ1) is 26.8. The average Bonchev–Trinajstić information content (AvgIpc) is 2.74. The Morgan fingerprint density at radius 2 is 1.50 bits per heavy atom. The van der Waals surface area contributed by atoms with Gasteiger partial charge in [0.2, 0.25) is 0 Å². The Kier molecular flexibility index (Phi) is 15.0. The van der Waals surface area contributed by atoms with Crippen LogP contribution in [0.3, 0.4) is 0 Å². The van der Waals surface area contributed by atoms with Crippen molar-refractivity contribution >= 4 is 35.7 Å². The van der Waals surface area contributed by atoms with Crippen molar-refractivity contribution in [1.29, 1.82) is 0 Å². The highest BCUT2D eigenvalue weighted by atomic mass is 35.5. The van der Waals surface area contributed by atoms with Crippen molar-refractivity contribution in [2.45, 2.75) is 70.2 Å². The molecule has 1 aromatic rings. The maximum absolute atomic E-state index is 13.6. The first-order valence-corrected chi connectivity index (χ1v) is 10.4. The zero-order valence-corrected chi connectivity index (χ0v) is 18.4. The monoisotopic (exact) mass is 437 g/mol. The van der Waals surface area contributed by atoms with Gasteiger partial charge in [0.15, 0.2) is 12.5 Å². The molecule has 0 radical (unpaired) electrons. The van der Waals surface area contributed by atoms with Crippen molar-refractivity contribution in [3.63, 3.8) is 0 Å². The van der Waals surface area contributed by atoms with Gasteiger partial charge < -0.3 is 9.63 Å². The van der Waals surface area contributed by atoms with Gasteiger partial charge in [-0.15, -0.1) is 23.2 Å². The molecule has 0 aliphatic rings. The Bertz CT molecular complexity index is 548. The van der Waals surface area contributed by atoms with Crippen molar-refractivity contribution in [1.82, 2.24) is 0 Å². The van der Waals surface area contributed by atoms with Crippen LogP contribution in [0.15, 0.2) is 35.5 Å². The van der Waals surface area contributed by atoms with E-state index in [0.717, 1.165) is 12.0 Å². The minimum absolute atomic E-state index is 0.180. The number of benzene rings is 1. The van der Waals surface area contributed by atoms with Crippen LogP contribution in [0.5, 0.6) is 0 Å². The van der Waals surface area contributed by atoms with E-state index in [2.05, 4.69) is 5.16 Å². The van der Waals surface area contributed by atoms with Gasteiger partial charge in [-0.25, -0.2) is 8.78 Å². The Morgan fingerprint density at radius 3 is 1.96 bits per heavy atom. The van der Waals surface area contributed by atoms with Gasteiger partial charge in [-0.3, -0.25) is 0 Å². The predicted octanol–water partition coefficient (Wildman–Crippen LogP) is 6.36. The van der Waals surface area contributed by atoms with Crippen molar-refractivity contribution in [2.75, 3.05) is 0 Å². The highest BCUT2D eigenvalue weighted by Crippen LogP contribution is 2.19. The SMILES string of the molecule is CC[C@H](Cl)[C@@H](C)[C@H](F)C=NOCc1ccccc1.CC[C@H](Cl)[C@@H](C)[C@H](F)C=O. The number of halogens is 4. The largest absolute Gasteiger partial charge is 0.391 e. The normalized spacial score (nSPS) is 17.6. The quantitative estimate of drug-likeness (QED) is 0.175. The molecule has 0 fully saturated rings. The molecule has 28 heavy (non-hydrogen) atoms. The Morgan fingerprint density at radius 1 is 1.00 bits per heavy atom. The van der Waals surface area contributed by atoms with Crippen molar-refractivity contribution < 1.29 is 18.4 Å². The van der Waals surface area contributed by atoms with Gasteiger partial charge in [-0.05, 0) is 18.4 Å². The van der Waals surface area contributed by atoms with Crippen LogP contribution in [0.2, 0.25) is 0 Å². The molecule has 0 N–H and O–H groups in total. The molecule has 1 rings (SSSR count). The lowest BCUT2D eigenvalue weighted by Crippen LogP contribution is -2.23. The third-order valence-corrected chi connectivity index (χ3v) is 5.82. The van der Waals surface area contributed by atoms with Crippen molar-refractivity contribution in [2.24, 2.45) is 17.0 Å². The Labute approximate surface area is 177 Å². The summed E-state index contributed by atoms with van der Waals surface area (Å²) in [6, 6.07) is 9.62. The van der Waals surface area contributed by atoms with Crippen LogP contribution >= 0.6 is 23.2 Å². The molecule has 0 unspecified atom stereocenters. The molecule has 0 aliphatic carbocycles. The third kappa shape index (κ3) is 11.0. The molecular formula is C21H31Cl2F2NO2. The Hall–Kier alpha value is -1.20. The molecule has 0 aliphatic heterocycles. The number of hydrogen-bond acceptors (Lipinski definition) is 3. The molecule has 3 nitrogen and oxygen atoms in total. The summed E-state index contributed by atoms with van der Waals surface area (Å²) in [6.45, 7) is 7.56. The van der Waals surface area contributed by atoms with Crippen LogP contribution in [0.1, 0.15) is 46.1 Å². The van der Waals surface area contributed by atoms with Crippen LogP contribution < -0.4 is 0 Å². The molecule has 0 aromatic heterocycles. The fourth-order valence-corrected chi connectivity index (χ4v) is 2.47. The summed E-state index contributed by atoms with van der Waals surface area (Å²) >= 11 is 11.7. The van der Waals surface area contributed by atoms with E-state index in [4.69, 9.17) is 28.0 Å². The summed E-state index contributed by atoms with van der Waals surface area (Å²) in [5.41, 5.74) is 1.00. The predicted molar refractivity (Wildman–Crippen MR) is 114 cm³/mol. The second-order valence-electron chi connectivity index (χ2n) is 6.61. The van der Waals surface area contributed by atoms with E-state index in [-0.39, 0.29) is 22.6 Å². The van der Waals surface area contributed by atoms with E-state index >= 15 is 0 Å².